The van der Waals surface area contributed by atoms with E-state index in [0.717, 1.165) is 13.1 Å². The Morgan fingerprint density at radius 2 is 1.80 bits per heavy atom. The number of hydrogen-bond acceptors (Lipinski definition) is 2. The summed E-state index contributed by atoms with van der Waals surface area (Å²) >= 11 is 0. The van der Waals surface area contributed by atoms with Gasteiger partial charge in [0.25, 0.3) is 0 Å². The molecule has 1 aliphatic rings. The molecule has 0 unspecified atom stereocenters. The second kappa shape index (κ2) is 2.89. The monoisotopic (exact) mass is 142 g/mol. The van der Waals surface area contributed by atoms with Crippen molar-refractivity contribution < 1.29 is 0 Å². The maximum absolute atomic E-state index is 3.51. The van der Waals surface area contributed by atoms with Crippen LogP contribution in [0.3, 0.4) is 0 Å². The fraction of sp³-hybridized carbons (Fsp3) is 1.00. The molecule has 0 aromatic heterocycles. The van der Waals surface area contributed by atoms with E-state index in [1.807, 2.05) is 0 Å². The van der Waals surface area contributed by atoms with Crippen molar-refractivity contribution in [2.45, 2.75) is 32.9 Å². The van der Waals surface area contributed by atoms with Gasteiger partial charge < -0.3 is 0 Å². The summed E-state index contributed by atoms with van der Waals surface area (Å²) in [6, 6.07) is 0. The van der Waals surface area contributed by atoms with Crippen molar-refractivity contribution in [1.82, 2.24) is 10.6 Å². The van der Waals surface area contributed by atoms with E-state index in [-0.39, 0.29) is 5.66 Å². The van der Waals surface area contributed by atoms with Gasteiger partial charge in [0, 0.05) is 13.1 Å². The van der Waals surface area contributed by atoms with E-state index in [9.17, 15) is 0 Å². The van der Waals surface area contributed by atoms with Crippen LogP contribution in [0.15, 0.2) is 0 Å². The van der Waals surface area contributed by atoms with Crippen molar-refractivity contribution in [2.24, 2.45) is 5.92 Å². The summed E-state index contributed by atoms with van der Waals surface area (Å²) in [7, 11) is 0. The van der Waals surface area contributed by atoms with Crippen LogP contribution in [0.4, 0.5) is 0 Å². The second-order valence-electron chi connectivity index (χ2n) is 3.33. The van der Waals surface area contributed by atoms with Crippen molar-refractivity contribution in [1.29, 1.82) is 0 Å². The fourth-order valence-electron chi connectivity index (χ4n) is 1.70. The third-order valence-corrected chi connectivity index (χ3v) is 2.55. The molecule has 1 saturated heterocycles. The van der Waals surface area contributed by atoms with Gasteiger partial charge in [-0.05, 0) is 12.3 Å². The van der Waals surface area contributed by atoms with Crippen LogP contribution in [0.2, 0.25) is 0 Å². The van der Waals surface area contributed by atoms with Gasteiger partial charge in [-0.3, -0.25) is 10.6 Å². The molecule has 0 atom stereocenters. The van der Waals surface area contributed by atoms with Gasteiger partial charge in [0.1, 0.15) is 0 Å². The zero-order valence-electron chi connectivity index (χ0n) is 7.20. The third kappa shape index (κ3) is 1.18. The summed E-state index contributed by atoms with van der Waals surface area (Å²) in [5.41, 5.74) is 0.236. The highest BCUT2D eigenvalue weighted by atomic mass is 15.3. The average Bonchev–Trinajstić information content (AvgIpc) is 2.35. The Hall–Kier alpha value is -0.0800. The maximum atomic E-state index is 3.51. The average molecular weight is 142 g/mol. The molecule has 10 heavy (non-hydrogen) atoms. The van der Waals surface area contributed by atoms with E-state index in [0.29, 0.717) is 5.92 Å². The van der Waals surface area contributed by atoms with E-state index in [1.54, 1.807) is 0 Å². The lowest BCUT2D eigenvalue weighted by Crippen LogP contribution is -2.52. The number of rotatable bonds is 2. The van der Waals surface area contributed by atoms with E-state index in [4.69, 9.17) is 0 Å². The predicted molar refractivity (Wildman–Crippen MR) is 43.9 cm³/mol. The zero-order chi connectivity index (χ0) is 7.61. The molecule has 1 aliphatic heterocycles. The molecular weight excluding hydrogens is 124 g/mol. The van der Waals surface area contributed by atoms with Crippen LogP contribution in [0.25, 0.3) is 0 Å². The van der Waals surface area contributed by atoms with Gasteiger partial charge in [-0.15, -0.1) is 0 Å². The molecule has 2 N–H and O–H groups in total. The summed E-state index contributed by atoms with van der Waals surface area (Å²) in [5.74, 6) is 0.681. The molecule has 0 aromatic carbocycles. The van der Waals surface area contributed by atoms with Gasteiger partial charge >= 0.3 is 0 Å². The quantitative estimate of drug-likeness (QED) is 0.599. The van der Waals surface area contributed by atoms with Crippen molar-refractivity contribution in [3.05, 3.63) is 0 Å². The van der Waals surface area contributed by atoms with Crippen LogP contribution in [-0.2, 0) is 0 Å². The third-order valence-electron chi connectivity index (χ3n) is 2.55. The Morgan fingerprint density at radius 1 is 1.30 bits per heavy atom. The van der Waals surface area contributed by atoms with E-state index in [1.165, 1.54) is 6.42 Å². The smallest absolute Gasteiger partial charge is 0.0709 e. The molecule has 0 spiro atoms. The van der Waals surface area contributed by atoms with Crippen LogP contribution in [-0.4, -0.2) is 18.8 Å². The van der Waals surface area contributed by atoms with Crippen LogP contribution < -0.4 is 10.6 Å². The molecule has 0 aromatic rings. The summed E-state index contributed by atoms with van der Waals surface area (Å²) in [5, 5.41) is 7.02. The lowest BCUT2D eigenvalue weighted by atomic mass is 9.94. The summed E-state index contributed by atoms with van der Waals surface area (Å²) in [4.78, 5) is 0. The number of hydrogen-bond donors (Lipinski definition) is 2. The molecule has 0 amide bonds. The van der Waals surface area contributed by atoms with Crippen molar-refractivity contribution in [3.63, 3.8) is 0 Å². The molecule has 0 radical (unpaired) electrons. The first-order chi connectivity index (χ1) is 4.71. The van der Waals surface area contributed by atoms with Crippen LogP contribution >= 0.6 is 0 Å². The maximum Gasteiger partial charge on any atom is 0.0709 e. The topological polar surface area (TPSA) is 24.1 Å². The normalized spacial score (nSPS) is 24.0. The molecular formula is C8H18N2. The standard InChI is InChI=1S/C8H18N2/c1-4-8(7(2)3)9-5-6-10-8/h7,9-10H,4-6H2,1-3H3. The molecule has 0 aliphatic carbocycles. The van der Waals surface area contributed by atoms with E-state index >= 15 is 0 Å². The van der Waals surface area contributed by atoms with Gasteiger partial charge in [0.2, 0.25) is 0 Å². The first-order valence-electron chi connectivity index (χ1n) is 4.21. The molecule has 1 fully saturated rings. The van der Waals surface area contributed by atoms with Crippen molar-refractivity contribution in [3.8, 4) is 0 Å². The predicted octanol–water partition coefficient (Wildman–Crippen LogP) is 0.942. The van der Waals surface area contributed by atoms with Crippen LogP contribution in [0.5, 0.6) is 0 Å². The van der Waals surface area contributed by atoms with Crippen LogP contribution in [0, 0.1) is 5.92 Å². The van der Waals surface area contributed by atoms with E-state index in [2.05, 4.69) is 31.4 Å². The highest BCUT2D eigenvalue weighted by Crippen LogP contribution is 2.19. The summed E-state index contributed by atoms with van der Waals surface area (Å²) in [6.07, 6.45) is 1.17. The van der Waals surface area contributed by atoms with Crippen molar-refractivity contribution >= 4 is 0 Å². The van der Waals surface area contributed by atoms with Crippen LogP contribution in [0.1, 0.15) is 27.2 Å². The molecule has 60 valence electrons. The Bertz CT molecular complexity index is 104. The van der Waals surface area contributed by atoms with Gasteiger partial charge in [-0.1, -0.05) is 20.8 Å². The zero-order valence-corrected chi connectivity index (χ0v) is 7.20. The van der Waals surface area contributed by atoms with Gasteiger partial charge in [-0.2, -0.15) is 0 Å². The van der Waals surface area contributed by atoms with Crippen molar-refractivity contribution in [2.75, 3.05) is 13.1 Å². The second-order valence-corrected chi connectivity index (χ2v) is 3.33. The first-order valence-corrected chi connectivity index (χ1v) is 4.21. The Balaban J connectivity index is 2.58. The van der Waals surface area contributed by atoms with E-state index < -0.39 is 0 Å². The van der Waals surface area contributed by atoms with Gasteiger partial charge in [0.05, 0.1) is 5.66 Å². The summed E-state index contributed by atoms with van der Waals surface area (Å²) in [6.45, 7) is 8.98. The first kappa shape index (κ1) is 8.02. The molecule has 0 saturated carbocycles. The number of nitrogens with one attached hydrogen (secondary N) is 2. The minimum Gasteiger partial charge on any atom is -0.298 e. The molecule has 1 heterocycles. The molecule has 0 bridgehead atoms. The molecule has 2 heteroatoms. The molecule has 1 rings (SSSR count). The SMILES string of the molecule is CCC1(C(C)C)NCCN1. The minimum atomic E-state index is 0.236. The highest BCUT2D eigenvalue weighted by molar-refractivity contribution is 4.91. The summed E-state index contributed by atoms with van der Waals surface area (Å²) < 4.78 is 0. The Morgan fingerprint density at radius 3 is 2.00 bits per heavy atom. The Kier molecular flexibility index (Phi) is 2.32. The van der Waals surface area contributed by atoms with Gasteiger partial charge in [0.15, 0.2) is 0 Å². The Labute approximate surface area is 63.4 Å². The van der Waals surface area contributed by atoms with Gasteiger partial charge in [-0.25, -0.2) is 0 Å². The minimum absolute atomic E-state index is 0.236. The largest absolute Gasteiger partial charge is 0.298 e. The highest BCUT2D eigenvalue weighted by Gasteiger charge is 2.33. The molecule has 2 nitrogen and oxygen atoms in total. The fourth-order valence-corrected chi connectivity index (χ4v) is 1.70. The lowest BCUT2D eigenvalue weighted by molar-refractivity contribution is 0.229. The lowest BCUT2D eigenvalue weighted by Gasteiger charge is -2.32.